The molecule has 62 valence electrons. The average molecular weight is 156 g/mol. The number of amides is 2. The number of hydrogen-bond donors (Lipinski definition) is 1. The number of rotatable bonds is 1. The number of carbonyl (C=O) groups is 2. The Morgan fingerprint density at radius 1 is 1.45 bits per heavy atom. The third kappa shape index (κ3) is 1.57. The van der Waals surface area contributed by atoms with Crippen LogP contribution in [0.5, 0.6) is 0 Å². The molecule has 0 aromatic heterocycles. The van der Waals surface area contributed by atoms with Gasteiger partial charge in [-0.1, -0.05) is 0 Å². The van der Waals surface area contributed by atoms with Crippen LogP contribution in [-0.4, -0.2) is 29.3 Å². The molecule has 1 heterocycles. The van der Waals surface area contributed by atoms with Gasteiger partial charge in [0.05, 0.1) is 0 Å². The zero-order chi connectivity index (χ0) is 8.43. The maximum Gasteiger partial charge on any atom is 0.230 e. The Kier molecular flexibility index (Phi) is 2.24. The summed E-state index contributed by atoms with van der Waals surface area (Å²) in [4.78, 5) is 23.4. The number of nitrogens with zero attached hydrogens (tertiary/aromatic N) is 1. The highest BCUT2D eigenvalue weighted by molar-refractivity contribution is 5.98. The van der Waals surface area contributed by atoms with Gasteiger partial charge in [0.15, 0.2) is 0 Å². The van der Waals surface area contributed by atoms with E-state index < -0.39 is 0 Å². The second-order valence-corrected chi connectivity index (χ2v) is 2.70. The molecule has 11 heavy (non-hydrogen) atoms. The molecular weight excluding hydrogens is 144 g/mol. The summed E-state index contributed by atoms with van der Waals surface area (Å²) in [5.41, 5.74) is 5.46. The predicted molar refractivity (Wildman–Crippen MR) is 39.6 cm³/mol. The van der Waals surface area contributed by atoms with Crippen LogP contribution in [0.1, 0.15) is 19.8 Å². The molecule has 0 saturated carbocycles. The lowest BCUT2D eigenvalue weighted by molar-refractivity contribution is -0.148. The van der Waals surface area contributed by atoms with Crippen molar-refractivity contribution in [2.24, 2.45) is 5.73 Å². The van der Waals surface area contributed by atoms with Gasteiger partial charge >= 0.3 is 0 Å². The van der Waals surface area contributed by atoms with Gasteiger partial charge in [0.25, 0.3) is 0 Å². The Morgan fingerprint density at radius 2 is 1.91 bits per heavy atom. The Bertz CT molecular complexity index is 173. The van der Waals surface area contributed by atoms with Gasteiger partial charge in [-0.2, -0.15) is 0 Å². The lowest BCUT2D eigenvalue weighted by Gasteiger charge is -2.26. The minimum Gasteiger partial charge on any atom is -0.327 e. The molecule has 0 atom stereocenters. The second kappa shape index (κ2) is 3.00. The Morgan fingerprint density at radius 3 is 2.27 bits per heavy atom. The van der Waals surface area contributed by atoms with Gasteiger partial charge < -0.3 is 5.73 Å². The smallest absolute Gasteiger partial charge is 0.230 e. The van der Waals surface area contributed by atoms with Gasteiger partial charge in [-0.25, -0.2) is 0 Å². The zero-order valence-electron chi connectivity index (χ0n) is 6.54. The Labute approximate surface area is 65.3 Å². The van der Waals surface area contributed by atoms with E-state index in [9.17, 15) is 9.59 Å². The molecule has 0 radical (unpaired) electrons. The van der Waals surface area contributed by atoms with E-state index in [4.69, 9.17) is 5.73 Å². The fourth-order valence-corrected chi connectivity index (χ4v) is 1.23. The molecule has 0 aliphatic carbocycles. The quantitative estimate of drug-likeness (QED) is 0.520. The van der Waals surface area contributed by atoms with Gasteiger partial charge in [0, 0.05) is 25.4 Å². The van der Waals surface area contributed by atoms with E-state index in [0.29, 0.717) is 19.4 Å². The molecule has 1 rings (SSSR count). The molecule has 0 bridgehead atoms. The number of carbonyl (C=O) groups excluding carboxylic acids is 2. The molecule has 1 aliphatic heterocycles. The minimum atomic E-state index is -0.266. The summed E-state index contributed by atoms with van der Waals surface area (Å²) in [6.45, 7) is 2.25. The summed E-state index contributed by atoms with van der Waals surface area (Å²) >= 11 is 0. The molecule has 4 heteroatoms. The van der Waals surface area contributed by atoms with Gasteiger partial charge in [-0.05, 0) is 6.92 Å². The molecular formula is C7H12N2O2. The standard InChI is InChI=1S/C7H12N2O2/c1-2-9-6(10)3-5(8)4-7(9)11/h5H,2-4,8H2,1H3. The highest BCUT2D eigenvalue weighted by Gasteiger charge is 2.28. The van der Waals surface area contributed by atoms with Crippen LogP contribution in [0.2, 0.25) is 0 Å². The first-order valence-corrected chi connectivity index (χ1v) is 3.74. The molecule has 0 aromatic carbocycles. The Balaban J connectivity index is 2.67. The van der Waals surface area contributed by atoms with Crippen LogP contribution < -0.4 is 5.73 Å². The van der Waals surface area contributed by atoms with Crippen molar-refractivity contribution in [3.05, 3.63) is 0 Å². The first kappa shape index (κ1) is 8.20. The third-order valence-corrected chi connectivity index (χ3v) is 1.79. The highest BCUT2D eigenvalue weighted by atomic mass is 16.2. The number of hydrogen-bond acceptors (Lipinski definition) is 3. The third-order valence-electron chi connectivity index (χ3n) is 1.79. The van der Waals surface area contributed by atoms with E-state index in [2.05, 4.69) is 0 Å². The summed E-state index contributed by atoms with van der Waals surface area (Å²) in [5, 5.41) is 0. The van der Waals surface area contributed by atoms with Crippen LogP contribution in [0.3, 0.4) is 0 Å². The molecule has 1 aliphatic rings. The maximum absolute atomic E-state index is 11.1. The largest absolute Gasteiger partial charge is 0.327 e. The van der Waals surface area contributed by atoms with Crippen molar-refractivity contribution in [2.45, 2.75) is 25.8 Å². The monoisotopic (exact) mass is 156 g/mol. The molecule has 2 N–H and O–H groups in total. The molecule has 2 amide bonds. The van der Waals surface area contributed by atoms with Crippen molar-refractivity contribution in [1.82, 2.24) is 4.90 Å². The zero-order valence-corrected chi connectivity index (χ0v) is 6.54. The topological polar surface area (TPSA) is 63.4 Å². The summed E-state index contributed by atoms with van der Waals surface area (Å²) < 4.78 is 0. The molecule has 1 saturated heterocycles. The van der Waals surface area contributed by atoms with E-state index in [-0.39, 0.29) is 17.9 Å². The number of likely N-dealkylation sites (tertiary alicyclic amines) is 1. The van der Waals surface area contributed by atoms with E-state index in [1.807, 2.05) is 0 Å². The van der Waals surface area contributed by atoms with Crippen molar-refractivity contribution in [1.29, 1.82) is 0 Å². The van der Waals surface area contributed by atoms with E-state index in [0.717, 1.165) is 0 Å². The normalized spacial score (nSPS) is 21.1. The lowest BCUT2D eigenvalue weighted by atomic mass is 10.1. The van der Waals surface area contributed by atoms with Crippen LogP contribution in [-0.2, 0) is 9.59 Å². The van der Waals surface area contributed by atoms with Crippen molar-refractivity contribution in [2.75, 3.05) is 6.54 Å². The number of piperidine rings is 1. The van der Waals surface area contributed by atoms with Crippen molar-refractivity contribution >= 4 is 11.8 Å². The minimum absolute atomic E-state index is 0.142. The molecule has 0 unspecified atom stereocenters. The summed E-state index contributed by atoms with van der Waals surface area (Å²) in [5.74, 6) is -0.285. The fourth-order valence-electron chi connectivity index (χ4n) is 1.23. The van der Waals surface area contributed by atoms with E-state index in [1.54, 1.807) is 6.92 Å². The predicted octanol–water partition coefficient (Wildman–Crippen LogP) is -0.517. The first-order valence-electron chi connectivity index (χ1n) is 3.74. The molecule has 0 aromatic rings. The van der Waals surface area contributed by atoms with Crippen LogP contribution in [0.25, 0.3) is 0 Å². The molecule has 1 fully saturated rings. The molecule has 0 spiro atoms. The average Bonchev–Trinajstić information content (AvgIpc) is 1.85. The van der Waals surface area contributed by atoms with Gasteiger partial charge in [-0.3, -0.25) is 14.5 Å². The summed E-state index contributed by atoms with van der Waals surface area (Å²) in [7, 11) is 0. The van der Waals surface area contributed by atoms with E-state index >= 15 is 0 Å². The maximum atomic E-state index is 11.1. The lowest BCUT2D eigenvalue weighted by Crippen LogP contribution is -2.47. The van der Waals surface area contributed by atoms with Crippen LogP contribution in [0, 0.1) is 0 Å². The van der Waals surface area contributed by atoms with Crippen molar-refractivity contribution < 1.29 is 9.59 Å². The SMILES string of the molecule is CCN1C(=O)CC(N)CC1=O. The first-order chi connectivity index (χ1) is 5.15. The number of nitrogens with two attached hydrogens (primary N) is 1. The molecule has 4 nitrogen and oxygen atoms in total. The van der Waals surface area contributed by atoms with Gasteiger partial charge in [0.2, 0.25) is 11.8 Å². The fraction of sp³-hybridized carbons (Fsp3) is 0.714. The highest BCUT2D eigenvalue weighted by Crippen LogP contribution is 2.10. The van der Waals surface area contributed by atoms with E-state index in [1.165, 1.54) is 4.90 Å². The van der Waals surface area contributed by atoms with Gasteiger partial charge in [0.1, 0.15) is 0 Å². The van der Waals surface area contributed by atoms with Crippen LogP contribution in [0.15, 0.2) is 0 Å². The summed E-state index contributed by atoms with van der Waals surface area (Å²) in [6, 6.07) is -0.266. The second-order valence-electron chi connectivity index (χ2n) is 2.70. The number of imide groups is 1. The summed E-state index contributed by atoms with van der Waals surface area (Å²) in [6.07, 6.45) is 0.610. The Hall–Kier alpha value is -0.900. The van der Waals surface area contributed by atoms with Crippen LogP contribution >= 0.6 is 0 Å². The van der Waals surface area contributed by atoms with Crippen molar-refractivity contribution in [3.63, 3.8) is 0 Å². The van der Waals surface area contributed by atoms with Gasteiger partial charge in [-0.15, -0.1) is 0 Å². The van der Waals surface area contributed by atoms with Crippen molar-refractivity contribution in [3.8, 4) is 0 Å². The van der Waals surface area contributed by atoms with Crippen LogP contribution in [0.4, 0.5) is 0 Å².